The summed E-state index contributed by atoms with van der Waals surface area (Å²) in [5, 5.41) is 0. The number of aromatic nitrogens is 1. The number of hydrogen-bond donors (Lipinski definition) is 1. The molecule has 1 aromatic heterocycles. The summed E-state index contributed by atoms with van der Waals surface area (Å²) in [6.45, 7) is 4.96. The van der Waals surface area contributed by atoms with Gasteiger partial charge in [0.25, 0.3) is 0 Å². The molecule has 0 aromatic carbocycles. The summed E-state index contributed by atoms with van der Waals surface area (Å²) in [4.78, 5) is 6.65. The van der Waals surface area contributed by atoms with E-state index in [9.17, 15) is 0 Å². The highest BCUT2D eigenvalue weighted by molar-refractivity contribution is 5.46. The number of rotatable bonds is 5. The first kappa shape index (κ1) is 12.0. The van der Waals surface area contributed by atoms with E-state index in [0.717, 1.165) is 24.2 Å². The van der Waals surface area contributed by atoms with Gasteiger partial charge in [0.1, 0.15) is 5.82 Å². The highest BCUT2D eigenvalue weighted by atomic mass is 15.2. The fraction of sp³-hybridized carbons (Fsp3) is 0.583. The molecule has 0 amide bonds. The summed E-state index contributed by atoms with van der Waals surface area (Å²) in [5.74, 6) is 1.02. The maximum atomic E-state index is 5.70. The van der Waals surface area contributed by atoms with E-state index in [1.54, 1.807) is 0 Å². The Hall–Kier alpha value is -1.09. The molecule has 1 heterocycles. The van der Waals surface area contributed by atoms with Crippen LogP contribution in [0.4, 0.5) is 5.82 Å². The normalized spacial score (nSPS) is 10.7. The van der Waals surface area contributed by atoms with E-state index in [1.807, 2.05) is 18.3 Å². The van der Waals surface area contributed by atoms with Crippen LogP contribution in [0.1, 0.15) is 32.3 Å². The van der Waals surface area contributed by atoms with Crippen LogP contribution < -0.4 is 10.6 Å². The van der Waals surface area contributed by atoms with Crippen LogP contribution in [-0.2, 0) is 6.54 Å². The van der Waals surface area contributed by atoms with Gasteiger partial charge in [-0.3, -0.25) is 0 Å². The van der Waals surface area contributed by atoms with E-state index in [-0.39, 0.29) is 0 Å². The molecule has 84 valence electrons. The minimum atomic E-state index is 0.546. The zero-order chi connectivity index (χ0) is 11.3. The molecule has 1 rings (SSSR count). The Balaban J connectivity index is 2.93. The maximum absolute atomic E-state index is 5.70. The van der Waals surface area contributed by atoms with Crippen LogP contribution in [0, 0.1) is 0 Å². The van der Waals surface area contributed by atoms with Gasteiger partial charge in [0, 0.05) is 31.4 Å². The van der Waals surface area contributed by atoms with Crippen molar-refractivity contribution in [2.24, 2.45) is 5.73 Å². The molecular weight excluding hydrogens is 186 g/mol. The van der Waals surface area contributed by atoms with Gasteiger partial charge in [0.2, 0.25) is 0 Å². The summed E-state index contributed by atoms with van der Waals surface area (Å²) in [6.07, 6.45) is 4.09. The van der Waals surface area contributed by atoms with Crippen LogP contribution in [0.25, 0.3) is 0 Å². The van der Waals surface area contributed by atoms with Gasteiger partial charge < -0.3 is 10.6 Å². The molecule has 1 aromatic rings. The number of nitrogens with zero attached hydrogens (tertiary/aromatic N) is 2. The largest absolute Gasteiger partial charge is 0.356 e. The van der Waals surface area contributed by atoms with Gasteiger partial charge in [-0.2, -0.15) is 0 Å². The van der Waals surface area contributed by atoms with E-state index in [2.05, 4.69) is 30.8 Å². The smallest absolute Gasteiger partial charge is 0.132 e. The Morgan fingerprint density at radius 1 is 1.40 bits per heavy atom. The van der Waals surface area contributed by atoms with E-state index < -0.39 is 0 Å². The molecular formula is C12H21N3. The summed E-state index contributed by atoms with van der Waals surface area (Å²) >= 11 is 0. The van der Waals surface area contributed by atoms with E-state index in [0.29, 0.717) is 12.6 Å². The predicted molar refractivity (Wildman–Crippen MR) is 64.9 cm³/mol. The van der Waals surface area contributed by atoms with Crippen molar-refractivity contribution < 1.29 is 0 Å². The van der Waals surface area contributed by atoms with Crippen molar-refractivity contribution in [3.05, 3.63) is 23.9 Å². The minimum absolute atomic E-state index is 0.546. The fourth-order valence-electron chi connectivity index (χ4n) is 1.92. The molecule has 0 radical (unpaired) electrons. The lowest BCUT2D eigenvalue weighted by Crippen LogP contribution is -2.32. The van der Waals surface area contributed by atoms with Gasteiger partial charge in [-0.25, -0.2) is 4.98 Å². The van der Waals surface area contributed by atoms with Crippen LogP contribution in [0.5, 0.6) is 0 Å². The number of anilines is 1. The van der Waals surface area contributed by atoms with Crippen molar-refractivity contribution in [3.63, 3.8) is 0 Å². The monoisotopic (exact) mass is 207 g/mol. The van der Waals surface area contributed by atoms with Crippen molar-refractivity contribution >= 4 is 5.82 Å². The Bertz CT molecular complexity index is 295. The first-order valence-electron chi connectivity index (χ1n) is 5.61. The first-order chi connectivity index (χ1) is 7.24. The molecule has 0 saturated heterocycles. The van der Waals surface area contributed by atoms with Gasteiger partial charge in [-0.1, -0.05) is 19.9 Å². The number of hydrogen-bond acceptors (Lipinski definition) is 3. The fourth-order valence-corrected chi connectivity index (χ4v) is 1.92. The summed E-state index contributed by atoms with van der Waals surface area (Å²) in [6, 6.07) is 4.53. The van der Waals surface area contributed by atoms with Gasteiger partial charge in [0.05, 0.1) is 0 Å². The first-order valence-corrected chi connectivity index (χ1v) is 5.61. The van der Waals surface area contributed by atoms with Crippen molar-refractivity contribution in [1.82, 2.24) is 4.98 Å². The summed E-state index contributed by atoms with van der Waals surface area (Å²) in [5.41, 5.74) is 6.82. The average molecular weight is 207 g/mol. The standard InChI is InChI=1S/C12H21N3/c1-4-11(5-2)15(3)12-10(9-13)7-6-8-14-12/h6-8,11H,4-5,9,13H2,1-3H3. The van der Waals surface area contributed by atoms with Gasteiger partial charge >= 0.3 is 0 Å². The molecule has 0 unspecified atom stereocenters. The molecule has 0 fully saturated rings. The molecule has 3 heteroatoms. The third kappa shape index (κ3) is 2.69. The van der Waals surface area contributed by atoms with Gasteiger partial charge in [0.15, 0.2) is 0 Å². The van der Waals surface area contributed by atoms with Crippen LogP contribution >= 0.6 is 0 Å². The molecule has 0 bridgehead atoms. The van der Waals surface area contributed by atoms with Crippen molar-refractivity contribution in [3.8, 4) is 0 Å². The second kappa shape index (κ2) is 5.71. The van der Waals surface area contributed by atoms with Crippen LogP contribution in [-0.4, -0.2) is 18.1 Å². The molecule has 0 spiro atoms. The number of nitrogens with two attached hydrogens (primary N) is 1. The van der Waals surface area contributed by atoms with Gasteiger partial charge in [-0.05, 0) is 18.9 Å². The molecule has 0 atom stereocenters. The van der Waals surface area contributed by atoms with Crippen LogP contribution in [0.2, 0.25) is 0 Å². The lowest BCUT2D eigenvalue weighted by Gasteiger charge is -2.28. The van der Waals surface area contributed by atoms with Gasteiger partial charge in [-0.15, -0.1) is 0 Å². The minimum Gasteiger partial charge on any atom is -0.356 e. The van der Waals surface area contributed by atoms with Crippen molar-refractivity contribution in [2.45, 2.75) is 39.3 Å². The summed E-state index contributed by atoms with van der Waals surface area (Å²) in [7, 11) is 2.10. The molecule has 0 saturated carbocycles. The Kier molecular flexibility index (Phi) is 4.56. The zero-order valence-electron chi connectivity index (χ0n) is 9.90. The number of pyridine rings is 1. The lowest BCUT2D eigenvalue weighted by atomic mass is 10.1. The Morgan fingerprint density at radius 3 is 2.60 bits per heavy atom. The molecule has 0 aliphatic rings. The quantitative estimate of drug-likeness (QED) is 0.804. The topological polar surface area (TPSA) is 42.2 Å². The highest BCUT2D eigenvalue weighted by Crippen LogP contribution is 2.19. The third-order valence-electron chi connectivity index (χ3n) is 2.91. The van der Waals surface area contributed by atoms with E-state index in [1.165, 1.54) is 0 Å². The van der Waals surface area contributed by atoms with Crippen LogP contribution in [0.3, 0.4) is 0 Å². The average Bonchev–Trinajstić information content (AvgIpc) is 2.30. The predicted octanol–water partition coefficient (Wildman–Crippen LogP) is 2.17. The SMILES string of the molecule is CCC(CC)N(C)c1ncccc1CN. The van der Waals surface area contributed by atoms with Crippen molar-refractivity contribution in [2.75, 3.05) is 11.9 Å². The second-order valence-corrected chi connectivity index (χ2v) is 3.77. The molecule has 2 N–H and O–H groups in total. The van der Waals surface area contributed by atoms with Crippen LogP contribution in [0.15, 0.2) is 18.3 Å². The molecule has 0 aliphatic carbocycles. The Morgan fingerprint density at radius 2 is 2.07 bits per heavy atom. The zero-order valence-corrected chi connectivity index (χ0v) is 9.90. The lowest BCUT2D eigenvalue weighted by molar-refractivity contribution is 0.585. The van der Waals surface area contributed by atoms with E-state index in [4.69, 9.17) is 5.73 Å². The summed E-state index contributed by atoms with van der Waals surface area (Å²) < 4.78 is 0. The third-order valence-corrected chi connectivity index (χ3v) is 2.91. The molecule has 15 heavy (non-hydrogen) atoms. The van der Waals surface area contributed by atoms with E-state index >= 15 is 0 Å². The molecule has 0 aliphatic heterocycles. The Labute approximate surface area is 92.3 Å². The highest BCUT2D eigenvalue weighted by Gasteiger charge is 2.14. The maximum Gasteiger partial charge on any atom is 0.132 e. The second-order valence-electron chi connectivity index (χ2n) is 3.77. The molecule has 3 nitrogen and oxygen atoms in total. The van der Waals surface area contributed by atoms with Crippen molar-refractivity contribution in [1.29, 1.82) is 0 Å².